The molecule has 1 aromatic rings. The zero-order valence-corrected chi connectivity index (χ0v) is 12.1. The third-order valence-corrected chi connectivity index (χ3v) is 3.67. The van der Waals surface area contributed by atoms with E-state index in [9.17, 15) is 4.79 Å². The van der Waals surface area contributed by atoms with E-state index in [4.69, 9.17) is 34.8 Å². The monoisotopic (exact) mass is 307 g/mol. The van der Waals surface area contributed by atoms with Gasteiger partial charge in [0.2, 0.25) is 0 Å². The molecule has 1 aromatic carbocycles. The van der Waals surface area contributed by atoms with Gasteiger partial charge >= 0.3 is 0 Å². The van der Waals surface area contributed by atoms with Crippen LogP contribution in [0.3, 0.4) is 0 Å². The van der Waals surface area contributed by atoms with Gasteiger partial charge in [-0.25, -0.2) is 0 Å². The Morgan fingerprint density at radius 2 is 1.89 bits per heavy atom. The second-order valence-electron chi connectivity index (χ2n) is 4.55. The molecule has 0 heterocycles. The summed E-state index contributed by atoms with van der Waals surface area (Å²) in [5.74, 6) is -0.104. The molecule has 2 rings (SSSR count). The molecule has 6 heteroatoms. The normalized spacial score (nSPS) is 16.4. The lowest BCUT2D eigenvalue weighted by Crippen LogP contribution is -2.93. The van der Waals surface area contributed by atoms with Gasteiger partial charge in [0, 0.05) is 17.9 Å². The van der Waals surface area contributed by atoms with Gasteiger partial charge in [-0.1, -0.05) is 34.8 Å². The van der Waals surface area contributed by atoms with Gasteiger partial charge in [-0.2, -0.15) is 0 Å². The lowest BCUT2D eigenvalue weighted by molar-refractivity contribution is -0.686. The first-order valence-corrected chi connectivity index (χ1v) is 6.91. The third kappa shape index (κ3) is 3.51. The van der Waals surface area contributed by atoms with Crippen LogP contribution in [-0.2, 0) is 4.79 Å². The molecule has 0 saturated heterocycles. The van der Waals surface area contributed by atoms with Crippen LogP contribution in [0, 0.1) is 0 Å². The summed E-state index contributed by atoms with van der Waals surface area (Å²) in [7, 11) is 0. The fourth-order valence-corrected chi connectivity index (χ4v) is 2.59. The fourth-order valence-electron chi connectivity index (χ4n) is 1.68. The third-order valence-electron chi connectivity index (χ3n) is 2.85. The van der Waals surface area contributed by atoms with Gasteiger partial charge in [-0.3, -0.25) is 4.79 Å². The summed E-state index contributed by atoms with van der Waals surface area (Å²) in [6.45, 7) is 1.87. The number of rotatable bonds is 4. The molecule has 1 aliphatic rings. The van der Waals surface area contributed by atoms with Crippen molar-refractivity contribution in [3.05, 3.63) is 27.2 Å². The van der Waals surface area contributed by atoms with Crippen molar-refractivity contribution in [1.82, 2.24) is 0 Å². The molecule has 1 fully saturated rings. The number of halogens is 3. The van der Waals surface area contributed by atoms with Crippen LogP contribution in [0.2, 0.25) is 15.1 Å². The Labute approximate surface area is 121 Å². The van der Waals surface area contributed by atoms with Crippen molar-refractivity contribution in [2.24, 2.45) is 0 Å². The molecule has 0 aromatic heterocycles. The van der Waals surface area contributed by atoms with E-state index in [1.165, 1.54) is 12.8 Å². The highest BCUT2D eigenvalue weighted by atomic mass is 35.5. The van der Waals surface area contributed by atoms with Crippen LogP contribution in [0.1, 0.15) is 19.8 Å². The zero-order valence-electron chi connectivity index (χ0n) is 9.84. The average Bonchev–Trinajstić information content (AvgIpc) is 3.06. The maximum Gasteiger partial charge on any atom is 0.282 e. The quantitative estimate of drug-likeness (QED) is 0.882. The van der Waals surface area contributed by atoms with E-state index in [1.807, 2.05) is 6.92 Å². The summed E-state index contributed by atoms with van der Waals surface area (Å²) in [6, 6.07) is 3.54. The smallest absolute Gasteiger partial charge is 0.282 e. The number of hydrogen-bond donors (Lipinski definition) is 2. The molecular weight excluding hydrogens is 295 g/mol. The van der Waals surface area contributed by atoms with Gasteiger partial charge in [-0.15, -0.1) is 0 Å². The minimum atomic E-state index is -0.152. The SMILES string of the molecule is C[C@H]([NH2+]C1CC1)C(=O)Nc1c(Cl)cc(Cl)cc1Cl. The summed E-state index contributed by atoms with van der Waals surface area (Å²) in [5, 5.41) is 5.95. The van der Waals surface area contributed by atoms with Crippen molar-refractivity contribution in [2.45, 2.75) is 31.8 Å². The molecule has 1 atom stereocenters. The van der Waals surface area contributed by atoms with Crippen molar-refractivity contribution in [3.63, 3.8) is 0 Å². The van der Waals surface area contributed by atoms with E-state index in [-0.39, 0.29) is 11.9 Å². The number of amides is 1. The van der Waals surface area contributed by atoms with Gasteiger partial charge in [0.1, 0.15) is 0 Å². The number of anilines is 1. The van der Waals surface area contributed by atoms with Crippen LogP contribution in [0.25, 0.3) is 0 Å². The number of quaternary nitrogens is 1. The molecule has 18 heavy (non-hydrogen) atoms. The van der Waals surface area contributed by atoms with Gasteiger partial charge in [-0.05, 0) is 19.1 Å². The maximum absolute atomic E-state index is 12.0. The van der Waals surface area contributed by atoms with Crippen molar-refractivity contribution in [3.8, 4) is 0 Å². The number of benzene rings is 1. The standard InChI is InChI=1S/C12H13Cl3N2O/c1-6(16-8-2-3-8)12(18)17-11-9(14)4-7(13)5-10(11)15/h4-6,8,16H,2-3H2,1H3,(H,17,18)/p+1/t6-/m0/s1. The van der Waals surface area contributed by atoms with E-state index in [0.29, 0.717) is 26.8 Å². The van der Waals surface area contributed by atoms with Crippen molar-refractivity contribution >= 4 is 46.4 Å². The Bertz CT molecular complexity index is 451. The van der Waals surface area contributed by atoms with Crippen molar-refractivity contribution in [1.29, 1.82) is 0 Å². The summed E-state index contributed by atoms with van der Waals surface area (Å²) >= 11 is 17.8. The van der Waals surface area contributed by atoms with E-state index in [0.717, 1.165) is 0 Å². The Hall–Kier alpha value is -0.480. The van der Waals surface area contributed by atoms with E-state index in [1.54, 1.807) is 12.1 Å². The molecule has 98 valence electrons. The number of carbonyl (C=O) groups excluding carboxylic acids is 1. The molecule has 0 aliphatic heterocycles. The molecule has 0 radical (unpaired) electrons. The van der Waals surface area contributed by atoms with Crippen LogP contribution in [0.5, 0.6) is 0 Å². The molecule has 3 N–H and O–H groups in total. The van der Waals surface area contributed by atoms with E-state index >= 15 is 0 Å². The van der Waals surface area contributed by atoms with Crippen LogP contribution in [-0.4, -0.2) is 18.0 Å². The maximum atomic E-state index is 12.0. The molecule has 3 nitrogen and oxygen atoms in total. The first kappa shape index (κ1) is 13.9. The second kappa shape index (κ2) is 5.66. The molecule has 1 amide bonds. The molecule has 1 aliphatic carbocycles. The Morgan fingerprint density at radius 3 is 2.39 bits per heavy atom. The predicted octanol–water partition coefficient (Wildman–Crippen LogP) is 2.70. The van der Waals surface area contributed by atoms with Crippen molar-refractivity contribution < 1.29 is 10.1 Å². The lowest BCUT2D eigenvalue weighted by Gasteiger charge is -2.13. The highest BCUT2D eigenvalue weighted by Gasteiger charge is 2.30. The molecule has 1 saturated carbocycles. The minimum Gasteiger partial charge on any atom is -0.334 e. The van der Waals surface area contributed by atoms with E-state index < -0.39 is 0 Å². The van der Waals surface area contributed by atoms with E-state index in [2.05, 4.69) is 10.6 Å². The van der Waals surface area contributed by atoms with Crippen LogP contribution in [0.4, 0.5) is 5.69 Å². The Kier molecular flexibility index (Phi) is 4.38. The van der Waals surface area contributed by atoms with Gasteiger partial charge in [0.25, 0.3) is 5.91 Å². The average molecular weight is 309 g/mol. The highest BCUT2D eigenvalue weighted by Crippen LogP contribution is 2.33. The number of nitrogens with two attached hydrogens (primary N) is 1. The topological polar surface area (TPSA) is 45.7 Å². The summed E-state index contributed by atoms with van der Waals surface area (Å²) < 4.78 is 0. The molecule has 0 bridgehead atoms. The Morgan fingerprint density at radius 1 is 1.33 bits per heavy atom. The summed E-state index contributed by atoms with van der Waals surface area (Å²) in [4.78, 5) is 12.0. The van der Waals surface area contributed by atoms with Crippen LogP contribution >= 0.6 is 34.8 Å². The zero-order chi connectivity index (χ0) is 13.3. The number of hydrogen-bond acceptors (Lipinski definition) is 1. The number of nitrogens with one attached hydrogen (secondary N) is 1. The lowest BCUT2D eigenvalue weighted by atomic mass is 10.2. The first-order valence-electron chi connectivity index (χ1n) is 5.77. The largest absolute Gasteiger partial charge is 0.334 e. The van der Waals surface area contributed by atoms with Gasteiger partial charge in [0.05, 0.1) is 21.8 Å². The molecule has 0 spiro atoms. The Balaban J connectivity index is 2.06. The van der Waals surface area contributed by atoms with Gasteiger partial charge < -0.3 is 10.6 Å². The molecular formula is C12H14Cl3N2O+. The minimum absolute atomic E-state index is 0.104. The molecule has 0 unspecified atom stereocenters. The summed E-state index contributed by atoms with van der Waals surface area (Å²) in [6.07, 6.45) is 2.36. The van der Waals surface area contributed by atoms with Crippen molar-refractivity contribution in [2.75, 3.05) is 5.32 Å². The predicted molar refractivity (Wildman–Crippen MR) is 74.5 cm³/mol. The second-order valence-corrected chi connectivity index (χ2v) is 5.80. The fraction of sp³-hybridized carbons (Fsp3) is 0.417. The van der Waals surface area contributed by atoms with Gasteiger partial charge in [0.15, 0.2) is 6.04 Å². The summed E-state index contributed by atoms with van der Waals surface area (Å²) in [5.41, 5.74) is 0.420. The number of carbonyl (C=O) groups is 1. The highest BCUT2D eigenvalue weighted by molar-refractivity contribution is 6.42. The van der Waals surface area contributed by atoms with Crippen LogP contribution in [0.15, 0.2) is 12.1 Å². The van der Waals surface area contributed by atoms with Crippen LogP contribution < -0.4 is 10.6 Å². The first-order chi connectivity index (χ1) is 8.47.